The molecule has 0 amide bonds. The van der Waals surface area contributed by atoms with E-state index >= 15 is 0 Å². The van der Waals surface area contributed by atoms with Crippen LogP contribution in [0.1, 0.15) is 49.7 Å². The van der Waals surface area contributed by atoms with Crippen molar-refractivity contribution in [2.75, 3.05) is 11.5 Å². The summed E-state index contributed by atoms with van der Waals surface area (Å²) in [5.74, 6) is 0.277. The second kappa shape index (κ2) is 6.96. The number of aliphatic hydroxyl groups excluding tert-OH is 1. The predicted octanol–water partition coefficient (Wildman–Crippen LogP) is 1.60. The molecule has 5 nitrogen and oxygen atoms in total. The van der Waals surface area contributed by atoms with Crippen molar-refractivity contribution in [2.24, 2.45) is 0 Å². The first kappa shape index (κ1) is 16.0. The van der Waals surface area contributed by atoms with Gasteiger partial charge in [0, 0.05) is 11.3 Å². The van der Waals surface area contributed by atoms with Crippen molar-refractivity contribution >= 4 is 9.84 Å². The average Bonchev–Trinajstić information content (AvgIpc) is 2.38. The molecule has 0 aliphatic rings. The van der Waals surface area contributed by atoms with Crippen molar-refractivity contribution in [1.82, 2.24) is 10.2 Å². The molecular formula is C13H22N2O3S. The third-order valence-corrected chi connectivity index (χ3v) is 4.88. The van der Waals surface area contributed by atoms with E-state index in [1.54, 1.807) is 6.92 Å². The number of aryl methyl sites for hydroxylation is 2. The van der Waals surface area contributed by atoms with Crippen LogP contribution >= 0.6 is 0 Å². The summed E-state index contributed by atoms with van der Waals surface area (Å²) in [6.07, 6.45) is 0.919. The first-order valence-electron chi connectivity index (χ1n) is 6.61. The lowest BCUT2D eigenvalue weighted by molar-refractivity contribution is 0.165. The fraction of sp³-hybridized carbons (Fsp3) is 0.692. The molecule has 1 aromatic rings. The lowest BCUT2D eigenvalue weighted by Crippen LogP contribution is -2.11. The number of hydrogen-bond acceptors (Lipinski definition) is 5. The number of sulfone groups is 1. The molecule has 0 aliphatic carbocycles. The van der Waals surface area contributed by atoms with E-state index in [0.29, 0.717) is 19.3 Å². The molecule has 1 N–H and O–H groups in total. The minimum Gasteiger partial charge on any atom is -0.388 e. The van der Waals surface area contributed by atoms with Crippen molar-refractivity contribution in [3.63, 3.8) is 0 Å². The van der Waals surface area contributed by atoms with Gasteiger partial charge in [-0.15, -0.1) is 0 Å². The maximum atomic E-state index is 11.4. The van der Waals surface area contributed by atoms with E-state index in [9.17, 15) is 13.5 Å². The monoisotopic (exact) mass is 286 g/mol. The summed E-state index contributed by atoms with van der Waals surface area (Å²) in [4.78, 5) is 0. The standard InChI is InChI=1S/C13H22N2O3S/c1-4-12-11(9-10(3)14-15-12)13(16)7-6-8-19(17,18)5-2/h9,13,16H,4-8H2,1-3H3. The zero-order valence-electron chi connectivity index (χ0n) is 11.8. The molecule has 1 rings (SSSR count). The zero-order chi connectivity index (χ0) is 14.5. The summed E-state index contributed by atoms with van der Waals surface area (Å²) in [6, 6.07) is 1.82. The first-order chi connectivity index (χ1) is 8.89. The van der Waals surface area contributed by atoms with E-state index in [1.165, 1.54) is 0 Å². The van der Waals surface area contributed by atoms with Crippen molar-refractivity contribution in [3.05, 3.63) is 23.0 Å². The minimum absolute atomic E-state index is 0.125. The Balaban J connectivity index is 2.68. The predicted molar refractivity (Wildman–Crippen MR) is 74.7 cm³/mol. The third-order valence-electron chi connectivity index (χ3n) is 3.09. The van der Waals surface area contributed by atoms with Crippen LogP contribution < -0.4 is 0 Å². The van der Waals surface area contributed by atoms with Crippen LogP contribution in [-0.2, 0) is 16.3 Å². The molecule has 1 aromatic heterocycles. The van der Waals surface area contributed by atoms with Gasteiger partial charge in [-0.2, -0.15) is 10.2 Å². The Morgan fingerprint density at radius 1 is 1.32 bits per heavy atom. The van der Waals surface area contributed by atoms with Gasteiger partial charge in [0.2, 0.25) is 0 Å². The molecular weight excluding hydrogens is 264 g/mol. The SMILES string of the molecule is CCc1nnc(C)cc1C(O)CCCS(=O)(=O)CC. The third kappa shape index (κ3) is 4.87. The molecule has 19 heavy (non-hydrogen) atoms. The van der Waals surface area contributed by atoms with Crippen LogP contribution in [0.5, 0.6) is 0 Å². The molecule has 1 heterocycles. The Morgan fingerprint density at radius 2 is 2.00 bits per heavy atom. The summed E-state index contributed by atoms with van der Waals surface area (Å²) < 4.78 is 22.8. The van der Waals surface area contributed by atoms with Crippen LogP contribution in [0, 0.1) is 6.92 Å². The molecule has 0 saturated carbocycles. The molecule has 1 atom stereocenters. The largest absolute Gasteiger partial charge is 0.388 e. The highest BCUT2D eigenvalue weighted by atomic mass is 32.2. The zero-order valence-corrected chi connectivity index (χ0v) is 12.6. The van der Waals surface area contributed by atoms with Crippen molar-refractivity contribution in [3.8, 4) is 0 Å². The average molecular weight is 286 g/mol. The first-order valence-corrected chi connectivity index (χ1v) is 8.43. The Kier molecular flexibility index (Phi) is 5.87. The summed E-state index contributed by atoms with van der Waals surface area (Å²) >= 11 is 0. The second-order valence-electron chi connectivity index (χ2n) is 4.64. The Hall–Kier alpha value is -1.01. The lowest BCUT2D eigenvalue weighted by Gasteiger charge is -2.14. The fourth-order valence-corrected chi connectivity index (χ4v) is 2.79. The van der Waals surface area contributed by atoms with Crippen LogP contribution in [0.3, 0.4) is 0 Å². The van der Waals surface area contributed by atoms with Crippen LogP contribution in [0.25, 0.3) is 0 Å². The summed E-state index contributed by atoms with van der Waals surface area (Å²) in [5.41, 5.74) is 2.30. The molecule has 0 fully saturated rings. The van der Waals surface area contributed by atoms with Gasteiger partial charge in [0.1, 0.15) is 9.84 Å². The van der Waals surface area contributed by atoms with E-state index in [0.717, 1.165) is 17.0 Å². The smallest absolute Gasteiger partial charge is 0.150 e. The molecule has 0 aromatic carbocycles. The number of aromatic nitrogens is 2. The molecule has 0 aliphatic heterocycles. The van der Waals surface area contributed by atoms with E-state index in [4.69, 9.17) is 0 Å². The Labute approximate surface area is 115 Å². The minimum atomic E-state index is -2.96. The van der Waals surface area contributed by atoms with Gasteiger partial charge in [-0.05, 0) is 32.3 Å². The summed E-state index contributed by atoms with van der Waals surface area (Å²) in [7, 11) is -2.96. The van der Waals surface area contributed by atoms with Gasteiger partial charge in [0.25, 0.3) is 0 Å². The van der Waals surface area contributed by atoms with E-state index in [-0.39, 0.29) is 11.5 Å². The van der Waals surface area contributed by atoms with Gasteiger partial charge in [0.05, 0.1) is 23.2 Å². The molecule has 1 unspecified atom stereocenters. The Bertz CT molecular complexity index is 515. The van der Waals surface area contributed by atoms with Gasteiger partial charge in [-0.1, -0.05) is 13.8 Å². The Morgan fingerprint density at radius 3 is 2.58 bits per heavy atom. The molecule has 108 valence electrons. The molecule has 0 bridgehead atoms. The highest BCUT2D eigenvalue weighted by Crippen LogP contribution is 2.22. The van der Waals surface area contributed by atoms with E-state index in [2.05, 4.69) is 10.2 Å². The van der Waals surface area contributed by atoms with Crippen molar-refractivity contribution < 1.29 is 13.5 Å². The second-order valence-corrected chi connectivity index (χ2v) is 7.11. The van der Waals surface area contributed by atoms with Crippen molar-refractivity contribution in [1.29, 1.82) is 0 Å². The topological polar surface area (TPSA) is 80.2 Å². The number of rotatable bonds is 7. The normalized spacial score (nSPS) is 13.5. The molecule has 0 saturated heterocycles. The summed E-state index contributed by atoms with van der Waals surface area (Å²) in [6.45, 7) is 5.42. The van der Waals surface area contributed by atoms with Crippen molar-refractivity contribution in [2.45, 2.75) is 46.1 Å². The highest BCUT2D eigenvalue weighted by Gasteiger charge is 2.15. The van der Waals surface area contributed by atoms with Gasteiger partial charge < -0.3 is 5.11 Å². The van der Waals surface area contributed by atoms with Crippen LogP contribution in [0.4, 0.5) is 0 Å². The lowest BCUT2D eigenvalue weighted by atomic mass is 10.0. The van der Waals surface area contributed by atoms with Gasteiger partial charge >= 0.3 is 0 Å². The van der Waals surface area contributed by atoms with Gasteiger partial charge in [-0.3, -0.25) is 0 Å². The summed E-state index contributed by atoms with van der Waals surface area (Å²) in [5, 5.41) is 18.2. The maximum Gasteiger partial charge on any atom is 0.150 e. The maximum absolute atomic E-state index is 11.4. The number of aliphatic hydroxyl groups is 1. The van der Waals surface area contributed by atoms with E-state index in [1.807, 2.05) is 19.9 Å². The number of nitrogens with zero attached hydrogens (tertiary/aromatic N) is 2. The fourth-order valence-electron chi connectivity index (χ4n) is 1.89. The van der Waals surface area contributed by atoms with Gasteiger partial charge in [0.15, 0.2) is 0 Å². The highest BCUT2D eigenvalue weighted by molar-refractivity contribution is 7.91. The van der Waals surface area contributed by atoms with Crippen LogP contribution in [0.2, 0.25) is 0 Å². The van der Waals surface area contributed by atoms with Gasteiger partial charge in [-0.25, -0.2) is 8.42 Å². The molecule has 0 spiro atoms. The van der Waals surface area contributed by atoms with Crippen LogP contribution in [0.15, 0.2) is 6.07 Å². The quantitative estimate of drug-likeness (QED) is 0.823. The molecule has 6 heteroatoms. The van der Waals surface area contributed by atoms with E-state index < -0.39 is 15.9 Å². The van der Waals surface area contributed by atoms with Crippen LogP contribution in [-0.4, -0.2) is 35.2 Å². The molecule has 0 radical (unpaired) electrons. The number of hydrogen-bond donors (Lipinski definition) is 1.